The summed E-state index contributed by atoms with van der Waals surface area (Å²) in [5, 5.41) is 3.81. The molecule has 0 aliphatic carbocycles. The van der Waals surface area contributed by atoms with Crippen LogP contribution in [0.15, 0.2) is 30.3 Å². The second-order valence-corrected chi connectivity index (χ2v) is 5.91. The summed E-state index contributed by atoms with van der Waals surface area (Å²) in [6, 6.07) is 12.5. The van der Waals surface area contributed by atoms with Crippen LogP contribution in [0, 0.1) is 5.92 Å². The molecule has 2 rings (SSSR count). The summed E-state index contributed by atoms with van der Waals surface area (Å²) in [6.07, 6.45) is 1.24. The molecule has 4 atom stereocenters. The molecular weight excluding hydrogens is 220 g/mol. The van der Waals surface area contributed by atoms with Crippen molar-refractivity contribution in [2.45, 2.75) is 45.3 Å². The van der Waals surface area contributed by atoms with E-state index in [1.165, 1.54) is 18.5 Å². The predicted octanol–water partition coefficient (Wildman–Crippen LogP) is 3.07. The van der Waals surface area contributed by atoms with Crippen LogP contribution in [0.1, 0.15) is 38.8 Å². The number of nitrogens with one attached hydrogen (secondary N) is 1. The van der Waals surface area contributed by atoms with Gasteiger partial charge >= 0.3 is 0 Å². The second-order valence-electron chi connectivity index (χ2n) is 5.91. The van der Waals surface area contributed by atoms with Gasteiger partial charge in [0.2, 0.25) is 0 Å². The molecule has 18 heavy (non-hydrogen) atoms. The van der Waals surface area contributed by atoms with Crippen molar-refractivity contribution in [1.82, 2.24) is 10.2 Å². The van der Waals surface area contributed by atoms with Crippen molar-refractivity contribution in [3.05, 3.63) is 35.9 Å². The van der Waals surface area contributed by atoms with Gasteiger partial charge < -0.3 is 10.2 Å². The first-order valence-corrected chi connectivity index (χ1v) is 7.09. The summed E-state index contributed by atoms with van der Waals surface area (Å²) < 4.78 is 0. The summed E-state index contributed by atoms with van der Waals surface area (Å²) in [7, 11) is 2.23. The highest BCUT2D eigenvalue weighted by Crippen LogP contribution is 2.23. The molecule has 0 unspecified atom stereocenters. The molecule has 1 N–H and O–H groups in total. The maximum absolute atomic E-state index is 3.81. The van der Waals surface area contributed by atoms with E-state index in [1.807, 2.05) is 0 Å². The number of likely N-dealkylation sites (tertiary alicyclic amines) is 1. The molecule has 0 spiro atoms. The lowest BCUT2D eigenvalue weighted by Crippen LogP contribution is -2.51. The number of benzene rings is 1. The van der Waals surface area contributed by atoms with Gasteiger partial charge in [0.05, 0.1) is 0 Å². The molecule has 0 radical (unpaired) electrons. The first-order chi connectivity index (χ1) is 8.58. The zero-order valence-electron chi connectivity index (χ0n) is 12.1. The first-order valence-electron chi connectivity index (χ1n) is 7.09. The normalized spacial score (nSPS) is 31.2. The average Bonchev–Trinajstić information content (AvgIpc) is 2.37. The fraction of sp³-hybridized carbons (Fsp3) is 0.625. The molecule has 2 nitrogen and oxygen atoms in total. The summed E-state index contributed by atoms with van der Waals surface area (Å²) >= 11 is 0. The Morgan fingerprint density at radius 1 is 1.22 bits per heavy atom. The minimum Gasteiger partial charge on any atom is -0.307 e. The van der Waals surface area contributed by atoms with Crippen LogP contribution in [0.5, 0.6) is 0 Å². The van der Waals surface area contributed by atoms with Crippen LogP contribution in [-0.4, -0.2) is 30.6 Å². The SMILES string of the molecule is C[C@@H]1C[C@@H](N[C@H](C)c2ccccc2)[C@@H](C)CN1C. The minimum atomic E-state index is 0.439. The van der Waals surface area contributed by atoms with Gasteiger partial charge in [-0.3, -0.25) is 0 Å². The van der Waals surface area contributed by atoms with E-state index in [2.05, 4.69) is 68.4 Å². The summed E-state index contributed by atoms with van der Waals surface area (Å²) in [5.41, 5.74) is 1.39. The Morgan fingerprint density at radius 3 is 2.56 bits per heavy atom. The Morgan fingerprint density at radius 2 is 1.89 bits per heavy atom. The average molecular weight is 246 g/mol. The molecule has 1 fully saturated rings. The highest BCUT2D eigenvalue weighted by Gasteiger charge is 2.29. The molecule has 0 saturated carbocycles. The fourth-order valence-electron chi connectivity index (χ4n) is 2.93. The van der Waals surface area contributed by atoms with Gasteiger partial charge in [0, 0.05) is 24.7 Å². The van der Waals surface area contributed by atoms with Gasteiger partial charge in [-0.15, -0.1) is 0 Å². The van der Waals surface area contributed by atoms with Crippen molar-refractivity contribution < 1.29 is 0 Å². The third-order valence-electron chi connectivity index (χ3n) is 4.37. The van der Waals surface area contributed by atoms with Gasteiger partial charge in [0.25, 0.3) is 0 Å². The third-order valence-corrected chi connectivity index (χ3v) is 4.37. The van der Waals surface area contributed by atoms with Crippen LogP contribution in [0.4, 0.5) is 0 Å². The zero-order valence-corrected chi connectivity index (χ0v) is 12.1. The minimum absolute atomic E-state index is 0.439. The molecular formula is C16H26N2. The van der Waals surface area contributed by atoms with Gasteiger partial charge in [0.1, 0.15) is 0 Å². The van der Waals surface area contributed by atoms with Crippen LogP contribution >= 0.6 is 0 Å². The third kappa shape index (κ3) is 3.12. The molecule has 1 aliphatic heterocycles. The maximum Gasteiger partial charge on any atom is 0.0294 e. The highest BCUT2D eigenvalue weighted by atomic mass is 15.2. The van der Waals surface area contributed by atoms with E-state index in [0.29, 0.717) is 18.1 Å². The van der Waals surface area contributed by atoms with Crippen LogP contribution in [0.25, 0.3) is 0 Å². The zero-order chi connectivity index (χ0) is 13.1. The number of nitrogens with zero attached hydrogens (tertiary/aromatic N) is 1. The predicted molar refractivity (Wildman–Crippen MR) is 77.7 cm³/mol. The highest BCUT2D eigenvalue weighted by molar-refractivity contribution is 5.18. The van der Waals surface area contributed by atoms with Crippen molar-refractivity contribution in [2.24, 2.45) is 5.92 Å². The van der Waals surface area contributed by atoms with E-state index in [1.54, 1.807) is 0 Å². The van der Waals surface area contributed by atoms with E-state index < -0.39 is 0 Å². The Balaban J connectivity index is 1.97. The number of piperidine rings is 1. The summed E-state index contributed by atoms with van der Waals surface area (Å²) in [4.78, 5) is 2.47. The van der Waals surface area contributed by atoms with Crippen molar-refractivity contribution in [3.63, 3.8) is 0 Å². The van der Waals surface area contributed by atoms with Crippen LogP contribution in [0.3, 0.4) is 0 Å². The van der Waals surface area contributed by atoms with E-state index in [-0.39, 0.29) is 0 Å². The molecule has 1 aromatic rings. The molecule has 0 amide bonds. The van der Waals surface area contributed by atoms with E-state index >= 15 is 0 Å². The standard InChI is InChI=1S/C16H26N2/c1-12-11-18(4)13(2)10-16(12)17-14(3)15-8-6-5-7-9-15/h5-9,12-14,16-17H,10-11H2,1-4H3/t12-,13+,14+,16+/m0/s1. The Bertz CT molecular complexity index is 363. The van der Waals surface area contributed by atoms with Gasteiger partial charge in [-0.25, -0.2) is 0 Å². The smallest absolute Gasteiger partial charge is 0.0294 e. The fourth-order valence-corrected chi connectivity index (χ4v) is 2.93. The topological polar surface area (TPSA) is 15.3 Å². The number of hydrogen-bond donors (Lipinski definition) is 1. The largest absolute Gasteiger partial charge is 0.307 e. The molecule has 1 aliphatic rings. The van der Waals surface area contributed by atoms with Crippen molar-refractivity contribution >= 4 is 0 Å². The molecule has 0 aromatic heterocycles. The maximum atomic E-state index is 3.81. The Hall–Kier alpha value is -0.860. The van der Waals surface area contributed by atoms with Crippen molar-refractivity contribution in [3.8, 4) is 0 Å². The Kier molecular flexibility index (Phi) is 4.41. The Labute approximate surface area is 111 Å². The number of rotatable bonds is 3. The van der Waals surface area contributed by atoms with Gasteiger partial charge in [-0.2, -0.15) is 0 Å². The van der Waals surface area contributed by atoms with Gasteiger partial charge in [0.15, 0.2) is 0 Å². The monoisotopic (exact) mass is 246 g/mol. The van der Waals surface area contributed by atoms with Crippen molar-refractivity contribution in [2.75, 3.05) is 13.6 Å². The van der Waals surface area contributed by atoms with E-state index in [9.17, 15) is 0 Å². The number of hydrogen-bond acceptors (Lipinski definition) is 2. The van der Waals surface area contributed by atoms with E-state index in [0.717, 1.165) is 5.92 Å². The lowest BCUT2D eigenvalue weighted by atomic mass is 9.89. The molecule has 100 valence electrons. The first kappa shape index (κ1) is 13.6. The molecule has 1 heterocycles. The molecule has 2 heteroatoms. The lowest BCUT2D eigenvalue weighted by Gasteiger charge is -2.41. The second kappa shape index (κ2) is 5.85. The van der Waals surface area contributed by atoms with Crippen LogP contribution < -0.4 is 5.32 Å². The van der Waals surface area contributed by atoms with Crippen molar-refractivity contribution in [1.29, 1.82) is 0 Å². The van der Waals surface area contributed by atoms with Gasteiger partial charge in [-0.1, -0.05) is 37.3 Å². The molecule has 1 saturated heterocycles. The molecule has 0 bridgehead atoms. The van der Waals surface area contributed by atoms with Gasteiger partial charge in [-0.05, 0) is 38.8 Å². The molecule has 1 aromatic carbocycles. The summed E-state index contributed by atoms with van der Waals surface area (Å²) in [6.45, 7) is 8.15. The summed E-state index contributed by atoms with van der Waals surface area (Å²) in [5.74, 6) is 0.720. The van der Waals surface area contributed by atoms with Crippen LogP contribution in [-0.2, 0) is 0 Å². The quantitative estimate of drug-likeness (QED) is 0.882. The van der Waals surface area contributed by atoms with Crippen LogP contribution in [0.2, 0.25) is 0 Å². The lowest BCUT2D eigenvalue weighted by molar-refractivity contribution is 0.116. The van der Waals surface area contributed by atoms with E-state index in [4.69, 9.17) is 0 Å².